The third-order valence-corrected chi connectivity index (χ3v) is 3.34. The monoisotopic (exact) mass is 209 g/mol. The smallest absolute Gasteiger partial charge is 0.0952 e. The molecule has 0 spiro atoms. The summed E-state index contributed by atoms with van der Waals surface area (Å²) in [6, 6.07) is 0. The van der Waals surface area contributed by atoms with Crippen LogP contribution in [0.2, 0.25) is 0 Å². The fourth-order valence-electron chi connectivity index (χ4n) is 2.07. The van der Waals surface area contributed by atoms with Gasteiger partial charge in [-0.25, -0.2) is 4.98 Å². The van der Waals surface area contributed by atoms with E-state index >= 15 is 0 Å². The van der Waals surface area contributed by atoms with Gasteiger partial charge in [0.15, 0.2) is 0 Å². The van der Waals surface area contributed by atoms with E-state index in [0.717, 1.165) is 37.3 Å². The Morgan fingerprint density at radius 2 is 2.13 bits per heavy atom. The first kappa shape index (κ1) is 10.6. The molecule has 0 saturated carbocycles. The maximum Gasteiger partial charge on any atom is 0.0952 e. The number of piperidine rings is 1. The molecule has 1 aliphatic rings. The summed E-state index contributed by atoms with van der Waals surface area (Å²) >= 11 is 0. The lowest BCUT2D eigenvalue weighted by Crippen LogP contribution is -2.44. The van der Waals surface area contributed by atoms with Gasteiger partial charge < -0.3 is 15.0 Å². The van der Waals surface area contributed by atoms with Gasteiger partial charge in [0.25, 0.3) is 0 Å². The summed E-state index contributed by atoms with van der Waals surface area (Å²) in [5.74, 6) is 0. The molecule has 4 nitrogen and oxygen atoms in total. The number of hydrogen-bond donors (Lipinski definition) is 2. The average molecular weight is 209 g/mol. The third-order valence-electron chi connectivity index (χ3n) is 3.34. The Balaban J connectivity index is 2.10. The van der Waals surface area contributed by atoms with Crippen LogP contribution in [-0.4, -0.2) is 33.3 Å². The second-order valence-electron chi connectivity index (χ2n) is 4.52. The highest BCUT2D eigenvalue weighted by Gasteiger charge is 2.29. The Kier molecular flexibility index (Phi) is 2.80. The Bertz CT molecular complexity index is 340. The number of hydrogen-bond acceptors (Lipinski definition) is 3. The fraction of sp³-hybridized carbons (Fsp3) is 0.727. The van der Waals surface area contributed by atoms with Gasteiger partial charge in [0, 0.05) is 5.69 Å². The molecule has 0 bridgehead atoms. The molecule has 1 aliphatic heterocycles. The van der Waals surface area contributed by atoms with Crippen molar-refractivity contribution < 1.29 is 5.11 Å². The molecule has 4 heteroatoms. The first-order chi connectivity index (χ1) is 7.11. The maximum absolute atomic E-state index is 10.4. The quantitative estimate of drug-likeness (QED) is 0.750. The van der Waals surface area contributed by atoms with Crippen LogP contribution >= 0.6 is 0 Å². The van der Waals surface area contributed by atoms with Gasteiger partial charge >= 0.3 is 0 Å². The Morgan fingerprint density at radius 1 is 1.47 bits per heavy atom. The van der Waals surface area contributed by atoms with E-state index in [1.54, 1.807) is 0 Å². The first-order valence-corrected chi connectivity index (χ1v) is 5.52. The van der Waals surface area contributed by atoms with E-state index < -0.39 is 5.60 Å². The molecule has 1 aromatic rings. The van der Waals surface area contributed by atoms with Crippen molar-refractivity contribution in [3.8, 4) is 0 Å². The van der Waals surface area contributed by atoms with Crippen LogP contribution in [0.3, 0.4) is 0 Å². The second-order valence-corrected chi connectivity index (χ2v) is 4.52. The first-order valence-electron chi connectivity index (χ1n) is 5.52. The van der Waals surface area contributed by atoms with Crippen molar-refractivity contribution in [1.29, 1.82) is 0 Å². The summed E-state index contributed by atoms with van der Waals surface area (Å²) in [6.07, 6.45) is 3.47. The lowest BCUT2D eigenvalue weighted by molar-refractivity contribution is -0.00580. The molecule has 0 unspecified atom stereocenters. The zero-order valence-electron chi connectivity index (χ0n) is 9.45. The molecule has 1 fully saturated rings. The van der Waals surface area contributed by atoms with Crippen molar-refractivity contribution in [2.75, 3.05) is 13.1 Å². The molecule has 2 heterocycles. The molecule has 15 heavy (non-hydrogen) atoms. The number of nitrogens with zero attached hydrogens (tertiary/aromatic N) is 2. The van der Waals surface area contributed by atoms with Crippen LogP contribution < -0.4 is 5.32 Å². The molecular formula is C11H19N3O. The number of aliphatic hydroxyl groups is 1. The van der Waals surface area contributed by atoms with E-state index in [4.69, 9.17) is 0 Å². The van der Waals surface area contributed by atoms with E-state index in [9.17, 15) is 5.11 Å². The predicted molar refractivity (Wildman–Crippen MR) is 58.8 cm³/mol. The molecule has 2 N–H and O–H groups in total. The van der Waals surface area contributed by atoms with Crippen LogP contribution in [0.25, 0.3) is 0 Å². The molecule has 1 saturated heterocycles. The van der Waals surface area contributed by atoms with Crippen LogP contribution in [0.1, 0.15) is 24.2 Å². The summed E-state index contributed by atoms with van der Waals surface area (Å²) < 4.78 is 2.06. The van der Waals surface area contributed by atoms with Gasteiger partial charge in [-0.05, 0) is 39.8 Å². The maximum atomic E-state index is 10.4. The van der Waals surface area contributed by atoms with Crippen LogP contribution in [-0.2, 0) is 6.54 Å². The van der Waals surface area contributed by atoms with Gasteiger partial charge in [0.1, 0.15) is 0 Å². The molecular weight excluding hydrogens is 190 g/mol. The Labute approximate surface area is 90.3 Å². The van der Waals surface area contributed by atoms with E-state index in [1.807, 2.05) is 20.2 Å². The lowest BCUT2D eigenvalue weighted by Gasteiger charge is -2.33. The summed E-state index contributed by atoms with van der Waals surface area (Å²) in [5, 5.41) is 13.6. The average Bonchev–Trinajstić information content (AvgIpc) is 2.50. The third kappa shape index (κ3) is 2.21. The van der Waals surface area contributed by atoms with Gasteiger partial charge in [-0.2, -0.15) is 0 Å². The minimum Gasteiger partial charge on any atom is -0.388 e. The number of nitrogens with one attached hydrogen (secondary N) is 1. The zero-order valence-corrected chi connectivity index (χ0v) is 9.45. The van der Waals surface area contributed by atoms with Crippen molar-refractivity contribution in [1.82, 2.24) is 14.9 Å². The van der Waals surface area contributed by atoms with E-state index in [0.29, 0.717) is 6.54 Å². The lowest BCUT2D eigenvalue weighted by atomic mass is 9.92. The highest BCUT2D eigenvalue weighted by Crippen LogP contribution is 2.21. The number of aryl methyl sites for hydroxylation is 1. The van der Waals surface area contributed by atoms with Gasteiger partial charge in [-0.3, -0.25) is 0 Å². The number of rotatable bonds is 2. The molecule has 84 valence electrons. The van der Waals surface area contributed by atoms with Gasteiger partial charge in [-0.15, -0.1) is 0 Å². The SMILES string of the molecule is Cc1ncn(CC2(O)CCNCC2)c1C. The van der Waals surface area contributed by atoms with Crippen LogP contribution in [0, 0.1) is 13.8 Å². The molecule has 0 aliphatic carbocycles. The van der Waals surface area contributed by atoms with Crippen LogP contribution in [0.15, 0.2) is 6.33 Å². The molecule has 0 amide bonds. The summed E-state index contributed by atoms with van der Waals surface area (Å²) in [6.45, 7) is 6.53. The predicted octanol–water partition coefficient (Wildman–Crippen LogP) is 0.614. The summed E-state index contributed by atoms with van der Waals surface area (Å²) in [7, 11) is 0. The molecule has 1 aromatic heterocycles. The van der Waals surface area contributed by atoms with E-state index in [-0.39, 0.29) is 0 Å². The van der Waals surface area contributed by atoms with Crippen molar-refractivity contribution in [2.24, 2.45) is 0 Å². The fourth-order valence-corrected chi connectivity index (χ4v) is 2.07. The largest absolute Gasteiger partial charge is 0.388 e. The molecule has 0 atom stereocenters. The highest BCUT2D eigenvalue weighted by atomic mass is 16.3. The topological polar surface area (TPSA) is 50.1 Å². The molecule has 0 radical (unpaired) electrons. The highest BCUT2D eigenvalue weighted by molar-refractivity contribution is 5.09. The summed E-state index contributed by atoms with van der Waals surface area (Å²) in [4.78, 5) is 4.25. The van der Waals surface area contributed by atoms with E-state index in [2.05, 4.69) is 14.9 Å². The van der Waals surface area contributed by atoms with Gasteiger partial charge in [-0.1, -0.05) is 0 Å². The zero-order chi connectivity index (χ0) is 10.9. The standard InChI is InChI=1S/C11H19N3O/c1-9-10(2)14(8-13-9)7-11(15)3-5-12-6-4-11/h8,12,15H,3-7H2,1-2H3. The van der Waals surface area contributed by atoms with Crippen molar-refractivity contribution in [3.05, 3.63) is 17.7 Å². The van der Waals surface area contributed by atoms with Crippen LogP contribution in [0.5, 0.6) is 0 Å². The van der Waals surface area contributed by atoms with Crippen molar-refractivity contribution in [3.63, 3.8) is 0 Å². The van der Waals surface area contributed by atoms with Gasteiger partial charge in [0.05, 0.1) is 24.2 Å². The van der Waals surface area contributed by atoms with Crippen molar-refractivity contribution >= 4 is 0 Å². The van der Waals surface area contributed by atoms with Crippen molar-refractivity contribution in [2.45, 2.75) is 38.8 Å². The normalized spacial score (nSPS) is 20.5. The molecule has 2 rings (SSSR count). The van der Waals surface area contributed by atoms with Gasteiger partial charge in [0.2, 0.25) is 0 Å². The van der Waals surface area contributed by atoms with Crippen LogP contribution in [0.4, 0.5) is 0 Å². The number of imidazole rings is 1. The van der Waals surface area contributed by atoms with E-state index in [1.165, 1.54) is 0 Å². The Hall–Kier alpha value is -0.870. The minimum absolute atomic E-state index is 0.552. The Morgan fingerprint density at radius 3 is 2.67 bits per heavy atom. The molecule has 0 aromatic carbocycles. The second kappa shape index (κ2) is 3.94. The minimum atomic E-state index is -0.552. The number of aromatic nitrogens is 2. The summed E-state index contributed by atoms with van der Waals surface area (Å²) in [5.41, 5.74) is 1.65.